The Hall–Kier alpha value is -0.120. The highest BCUT2D eigenvalue weighted by molar-refractivity contribution is 4.76. The lowest BCUT2D eigenvalue weighted by Gasteiger charge is -2.32. The first kappa shape index (κ1) is 15.9. The first-order chi connectivity index (χ1) is 8.81. The lowest BCUT2D eigenvalue weighted by molar-refractivity contribution is 0.120. The van der Waals surface area contributed by atoms with Crippen LogP contribution in [0.1, 0.15) is 52.4 Å². The van der Waals surface area contributed by atoms with E-state index in [2.05, 4.69) is 18.7 Å². The molecule has 0 spiro atoms. The highest BCUT2D eigenvalue weighted by atomic mass is 16.5. The van der Waals surface area contributed by atoms with Crippen LogP contribution in [-0.4, -0.2) is 43.8 Å². The minimum Gasteiger partial charge on any atom is -0.380 e. The van der Waals surface area contributed by atoms with Gasteiger partial charge in [-0.1, -0.05) is 26.7 Å². The Labute approximate surface area is 113 Å². The average Bonchev–Trinajstić information content (AvgIpc) is 2.66. The van der Waals surface area contributed by atoms with Crippen LogP contribution in [0.3, 0.4) is 0 Å². The maximum atomic E-state index is 5.72. The van der Waals surface area contributed by atoms with Crippen molar-refractivity contribution in [3.63, 3.8) is 0 Å². The van der Waals surface area contributed by atoms with E-state index >= 15 is 0 Å². The van der Waals surface area contributed by atoms with Gasteiger partial charge in [0, 0.05) is 25.7 Å². The molecule has 1 rings (SSSR count). The van der Waals surface area contributed by atoms with Crippen molar-refractivity contribution < 1.29 is 4.74 Å². The molecule has 0 radical (unpaired) electrons. The van der Waals surface area contributed by atoms with Crippen molar-refractivity contribution in [1.29, 1.82) is 0 Å². The van der Waals surface area contributed by atoms with E-state index in [1.807, 2.05) is 0 Å². The molecule has 2 N–H and O–H groups in total. The molecule has 0 amide bonds. The molecule has 0 aromatic rings. The minimum atomic E-state index is 0.744. The lowest BCUT2D eigenvalue weighted by atomic mass is 9.91. The van der Waals surface area contributed by atoms with Gasteiger partial charge in [0.25, 0.3) is 0 Å². The van der Waals surface area contributed by atoms with Gasteiger partial charge < -0.3 is 10.5 Å². The van der Waals surface area contributed by atoms with Gasteiger partial charge in [-0.15, -0.1) is 0 Å². The number of ether oxygens (including phenoxy) is 1. The number of rotatable bonds is 8. The normalized spacial score (nSPS) is 21.5. The number of nitrogens with two attached hydrogens (primary N) is 1. The Morgan fingerprint density at radius 2 is 2.00 bits per heavy atom. The monoisotopic (exact) mass is 256 g/mol. The van der Waals surface area contributed by atoms with Gasteiger partial charge in [-0.3, -0.25) is 4.90 Å². The summed E-state index contributed by atoms with van der Waals surface area (Å²) in [7, 11) is 0. The molecule has 1 aliphatic rings. The van der Waals surface area contributed by atoms with Gasteiger partial charge in [-0.25, -0.2) is 0 Å². The van der Waals surface area contributed by atoms with Crippen LogP contribution in [0.2, 0.25) is 0 Å². The third-order valence-corrected chi connectivity index (χ3v) is 4.15. The molecule has 3 heteroatoms. The van der Waals surface area contributed by atoms with Gasteiger partial charge in [0.1, 0.15) is 0 Å². The summed E-state index contributed by atoms with van der Waals surface area (Å²) in [4.78, 5) is 2.66. The Morgan fingerprint density at radius 3 is 2.67 bits per heavy atom. The molecule has 18 heavy (non-hydrogen) atoms. The van der Waals surface area contributed by atoms with E-state index in [1.54, 1.807) is 0 Å². The highest BCUT2D eigenvalue weighted by Gasteiger charge is 2.22. The van der Waals surface area contributed by atoms with E-state index in [1.165, 1.54) is 45.1 Å². The van der Waals surface area contributed by atoms with Crippen molar-refractivity contribution in [3.8, 4) is 0 Å². The van der Waals surface area contributed by atoms with Crippen LogP contribution in [0.5, 0.6) is 0 Å². The molecule has 0 aromatic carbocycles. The van der Waals surface area contributed by atoms with Crippen LogP contribution in [-0.2, 0) is 4.74 Å². The summed E-state index contributed by atoms with van der Waals surface area (Å²) in [6.07, 6.45) is 7.56. The summed E-state index contributed by atoms with van der Waals surface area (Å²) in [5.74, 6) is 0.802. The molecular formula is C15H32N2O. The second-order valence-electron chi connectivity index (χ2n) is 5.53. The van der Waals surface area contributed by atoms with Crippen molar-refractivity contribution in [2.24, 2.45) is 11.7 Å². The van der Waals surface area contributed by atoms with E-state index < -0.39 is 0 Å². The molecule has 108 valence electrons. The van der Waals surface area contributed by atoms with Gasteiger partial charge >= 0.3 is 0 Å². The molecule has 0 bridgehead atoms. The standard InChI is InChI=1S/C15H32N2O/c1-3-6-15(13-14(4-2)7-8-16)17-9-5-11-18-12-10-17/h14-15H,3-13,16H2,1-2H3. The zero-order valence-corrected chi connectivity index (χ0v) is 12.4. The summed E-state index contributed by atoms with van der Waals surface area (Å²) in [5.41, 5.74) is 5.72. The summed E-state index contributed by atoms with van der Waals surface area (Å²) in [5, 5.41) is 0. The fraction of sp³-hybridized carbons (Fsp3) is 1.00. The molecule has 2 unspecified atom stereocenters. The molecule has 0 aliphatic carbocycles. The van der Waals surface area contributed by atoms with Gasteiger partial charge in [0.05, 0.1) is 6.61 Å². The maximum Gasteiger partial charge on any atom is 0.0593 e. The SMILES string of the molecule is CCCC(CC(CC)CCN)N1CCCOCC1. The molecule has 1 fully saturated rings. The van der Waals surface area contributed by atoms with Gasteiger partial charge in [-0.05, 0) is 38.1 Å². The summed E-state index contributed by atoms with van der Waals surface area (Å²) < 4.78 is 5.57. The smallest absolute Gasteiger partial charge is 0.0593 e. The predicted octanol–water partition coefficient (Wildman–Crippen LogP) is 2.64. The Bertz CT molecular complexity index is 191. The zero-order valence-electron chi connectivity index (χ0n) is 12.4. The Morgan fingerprint density at radius 1 is 1.17 bits per heavy atom. The summed E-state index contributed by atoms with van der Waals surface area (Å²) in [6, 6.07) is 0.744. The van der Waals surface area contributed by atoms with E-state index in [0.29, 0.717) is 0 Å². The molecule has 0 aromatic heterocycles. The van der Waals surface area contributed by atoms with Crippen LogP contribution < -0.4 is 5.73 Å². The lowest BCUT2D eigenvalue weighted by Crippen LogP contribution is -2.38. The third-order valence-electron chi connectivity index (χ3n) is 4.15. The quantitative estimate of drug-likeness (QED) is 0.725. The van der Waals surface area contributed by atoms with E-state index in [0.717, 1.165) is 38.3 Å². The van der Waals surface area contributed by atoms with Crippen LogP contribution in [0.15, 0.2) is 0 Å². The minimum absolute atomic E-state index is 0.744. The first-order valence-electron chi connectivity index (χ1n) is 7.83. The van der Waals surface area contributed by atoms with Crippen LogP contribution in [0, 0.1) is 5.92 Å². The summed E-state index contributed by atoms with van der Waals surface area (Å²) >= 11 is 0. The summed E-state index contributed by atoms with van der Waals surface area (Å²) in [6.45, 7) is 9.61. The second-order valence-corrected chi connectivity index (χ2v) is 5.53. The predicted molar refractivity (Wildman–Crippen MR) is 77.8 cm³/mol. The van der Waals surface area contributed by atoms with E-state index in [-0.39, 0.29) is 0 Å². The maximum absolute atomic E-state index is 5.72. The highest BCUT2D eigenvalue weighted by Crippen LogP contribution is 2.22. The number of nitrogens with zero attached hydrogens (tertiary/aromatic N) is 1. The third kappa shape index (κ3) is 5.68. The largest absolute Gasteiger partial charge is 0.380 e. The molecule has 2 atom stereocenters. The topological polar surface area (TPSA) is 38.5 Å². The number of hydrogen-bond acceptors (Lipinski definition) is 3. The molecule has 0 saturated carbocycles. The molecule has 1 aliphatic heterocycles. The fourth-order valence-corrected chi connectivity index (χ4v) is 3.02. The Balaban J connectivity index is 2.50. The van der Waals surface area contributed by atoms with Gasteiger partial charge in [0.2, 0.25) is 0 Å². The molecule has 3 nitrogen and oxygen atoms in total. The van der Waals surface area contributed by atoms with Crippen molar-refractivity contribution >= 4 is 0 Å². The van der Waals surface area contributed by atoms with Crippen LogP contribution in [0.25, 0.3) is 0 Å². The van der Waals surface area contributed by atoms with Crippen molar-refractivity contribution in [3.05, 3.63) is 0 Å². The molecule has 1 heterocycles. The van der Waals surface area contributed by atoms with E-state index in [4.69, 9.17) is 10.5 Å². The van der Waals surface area contributed by atoms with Gasteiger partial charge in [0.15, 0.2) is 0 Å². The van der Waals surface area contributed by atoms with Crippen molar-refractivity contribution in [2.45, 2.75) is 58.4 Å². The number of hydrogen-bond donors (Lipinski definition) is 1. The fourth-order valence-electron chi connectivity index (χ4n) is 3.02. The zero-order chi connectivity index (χ0) is 13.2. The Kier molecular flexibility index (Phi) is 8.64. The van der Waals surface area contributed by atoms with Crippen LogP contribution in [0.4, 0.5) is 0 Å². The van der Waals surface area contributed by atoms with Crippen LogP contribution >= 0.6 is 0 Å². The van der Waals surface area contributed by atoms with Crippen molar-refractivity contribution in [2.75, 3.05) is 32.8 Å². The van der Waals surface area contributed by atoms with Gasteiger partial charge in [-0.2, -0.15) is 0 Å². The molecule has 1 saturated heterocycles. The first-order valence-corrected chi connectivity index (χ1v) is 7.83. The second kappa shape index (κ2) is 9.76. The van der Waals surface area contributed by atoms with Crippen molar-refractivity contribution in [1.82, 2.24) is 4.90 Å². The molecular weight excluding hydrogens is 224 g/mol. The van der Waals surface area contributed by atoms with E-state index in [9.17, 15) is 0 Å². The average molecular weight is 256 g/mol.